The van der Waals surface area contributed by atoms with E-state index in [1.54, 1.807) is 0 Å². The second-order valence-corrected chi connectivity index (χ2v) is 7.84. The number of aryl methyl sites for hydroxylation is 2. The average molecular weight is 400 g/mol. The van der Waals surface area contributed by atoms with Crippen molar-refractivity contribution >= 4 is 5.91 Å². The molecule has 1 fully saturated rings. The number of carbonyl (C=O) groups excluding carboxylic acids is 1. The Morgan fingerprint density at radius 3 is 2.41 bits per heavy atom. The molecule has 1 saturated heterocycles. The SMILES string of the molecule is Cc1cc(C)cc(OC[C@H](O)CN2CCC(NC(=O)c3ccc(F)cc3)CC2)c1. The quantitative estimate of drug-likeness (QED) is 0.750. The van der Waals surface area contributed by atoms with Crippen LogP contribution in [0.25, 0.3) is 0 Å². The van der Waals surface area contributed by atoms with Crippen LogP contribution >= 0.6 is 0 Å². The number of ether oxygens (including phenoxy) is 1. The Kier molecular flexibility index (Phi) is 7.23. The molecule has 2 N–H and O–H groups in total. The summed E-state index contributed by atoms with van der Waals surface area (Å²) in [6, 6.07) is 11.7. The minimum atomic E-state index is -0.568. The first-order valence-electron chi connectivity index (χ1n) is 10.1. The lowest BCUT2D eigenvalue weighted by atomic mass is 10.0. The summed E-state index contributed by atoms with van der Waals surface area (Å²) >= 11 is 0. The molecule has 1 atom stereocenters. The van der Waals surface area contributed by atoms with Gasteiger partial charge in [0.2, 0.25) is 0 Å². The molecule has 0 bridgehead atoms. The molecule has 1 aliphatic heterocycles. The van der Waals surface area contributed by atoms with Crippen molar-refractivity contribution in [2.45, 2.75) is 38.8 Å². The summed E-state index contributed by atoms with van der Waals surface area (Å²) in [7, 11) is 0. The summed E-state index contributed by atoms with van der Waals surface area (Å²) in [5.74, 6) is 0.254. The summed E-state index contributed by atoms with van der Waals surface area (Å²) in [5, 5.41) is 13.3. The largest absolute Gasteiger partial charge is 0.491 e. The van der Waals surface area contributed by atoms with Crippen LogP contribution < -0.4 is 10.1 Å². The summed E-state index contributed by atoms with van der Waals surface area (Å²) in [6.07, 6.45) is 1.07. The maximum atomic E-state index is 13.0. The number of piperidine rings is 1. The summed E-state index contributed by atoms with van der Waals surface area (Å²) in [6.45, 7) is 6.45. The molecule has 3 rings (SSSR count). The zero-order valence-electron chi connectivity index (χ0n) is 17.0. The molecule has 2 aromatic rings. The molecule has 1 heterocycles. The lowest BCUT2D eigenvalue weighted by Crippen LogP contribution is -2.47. The molecule has 156 valence electrons. The van der Waals surface area contributed by atoms with E-state index in [2.05, 4.69) is 16.3 Å². The molecular formula is C23H29FN2O3. The number of likely N-dealkylation sites (tertiary alicyclic amines) is 1. The van der Waals surface area contributed by atoms with Crippen LogP contribution in [0.3, 0.4) is 0 Å². The Hall–Kier alpha value is -2.44. The number of carbonyl (C=O) groups is 1. The fourth-order valence-electron chi connectivity index (χ4n) is 3.69. The monoisotopic (exact) mass is 400 g/mol. The van der Waals surface area contributed by atoms with Crippen molar-refractivity contribution in [3.63, 3.8) is 0 Å². The topological polar surface area (TPSA) is 61.8 Å². The molecule has 5 nitrogen and oxygen atoms in total. The van der Waals surface area contributed by atoms with E-state index in [-0.39, 0.29) is 24.4 Å². The minimum Gasteiger partial charge on any atom is -0.491 e. The number of hydrogen-bond acceptors (Lipinski definition) is 4. The Morgan fingerprint density at radius 1 is 1.17 bits per heavy atom. The molecule has 0 spiro atoms. The Morgan fingerprint density at radius 2 is 1.79 bits per heavy atom. The van der Waals surface area contributed by atoms with Gasteiger partial charge in [-0.1, -0.05) is 6.07 Å². The van der Waals surface area contributed by atoms with Crippen molar-refractivity contribution in [2.75, 3.05) is 26.2 Å². The molecule has 0 aromatic heterocycles. The van der Waals surface area contributed by atoms with Crippen LogP contribution in [0.2, 0.25) is 0 Å². The number of nitrogens with zero attached hydrogens (tertiary/aromatic N) is 1. The highest BCUT2D eigenvalue weighted by Gasteiger charge is 2.23. The van der Waals surface area contributed by atoms with Crippen LogP contribution in [-0.4, -0.2) is 54.3 Å². The minimum absolute atomic E-state index is 0.0902. The number of aliphatic hydroxyl groups excluding tert-OH is 1. The third-order valence-electron chi connectivity index (χ3n) is 5.14. The predicted octanol–water partition coefficient (Wildman–Crippen LogP) is 3.08. The molecule has 29 heavy (non-hydrogen) atoms. The van der Waals surface area contributed by atoms with Crippen molar-refractivity contribution in [1.82, 2.24) is 10.2 Å². The number of β-amino-alcohol motifs (C(OH)–C–C–N with tert-alkyl or cyclic N) is 1. The normalized spacial score (nSPS) is 16.4. The molecule has 0 radical (unpaired) electrons. The van der Waals surface area contributed by atoms with Gasteiger partial charge < -0.3 is 20.1 Å². The fraction of sp³-hybridized carbons (Fsp3) is 0.435. The van der Waals surface area contributed by atoms with Crippen molar-refractivity contribution < 1.29 is 19.0 Å². The smallest absolute Gasteiger partial charge is 0.251 e. The third-order valence-corrected chi connectivity index (χ3v) is 5.14. The molecule has 1 amide bonds. The van der Waals surface area contributed by atoms with Crippen LogP contribution in [0.1, 0.15) is 34.3 Å². The van der Waals surface area contributed by atoms with Gasteiger partial charge in [-0.25, -0.2) is 4.39 Å². The summed E-state index contributed by atoms with van der Waals surface area (Å²) in [5.41, 5.74) is 2.74. The average Bonchev–Trinajstić information content (AvgIpc) is 2.68. The number of nitrogens with one attached hydrogen (secondary N) is 1. The molecule has 1 aliphatic rings. The highest BCUT2D eigenvalue weighted by Crippen LogP contribution is 2.17. The number of benzene rings is 2. The summed E-state index contributed by atoms with van der Waals surface area (Å²) < 4.78 is 18.7. The van der Waals surface area contributed by atoms with Crippen LogP contribution in [0.15, 0.2) is 42.5 Å². The van der Waals surface area contributed by atoms with Gasteiger partial charge >= 0.3 is 0 Å². The first-order valence-corrected chi connectivity index (χ1v) is 10.1. The number of rotatable bonds is 7. The zero-order valence-corrected chi connectivity index (χ0v) is 17.0. The van der Waals surface area contributed by atoms with Crippen molar-refractivity contribution in [1.29, 1.82) is 0 Å². The molecule has 0 aliphatic carbocycles. The lowest BCUT2D eigenvalue weighted by Gasteiger charge is -2.33. The highest BCUT2D eigenvalue weighted by atomic mass is 19.1. The van der Waals surface area contributed by atoms with Crippen molar-refractivity contribution in [3.05, 3.63) is 65.0 Å². The Labute approximate surface area is 171 Å². The van der Waals surface area contributed by atoms with Crippen LogP contribution in [-0.2, 0) is 0 Å². The van der Waals surface area contributed by atoms with Gasteiger partial charge in [-0.3, -0.25) is 4.79 Å². The Bertz CT molecular complexity index is 797. The zero-order chi connectivity index (χ0) is 20.8. The summed E-state index contributed by atoms with van der Waals surface area (Å²) in [4.78, 5) is 14.4. The van der Waals surface area contributed by atoms with Gasteiger partial charge in [-0.2, -0.15) is 0 Å². The van der Waals surface area contributed by atoms with Gasteiger partial charge in [0.15, 0.2) is 0 Å². The van der Waals surface area contributed by atoms with E-state index in [4.69, 9.17) is 4.74 Å². The first kappa shape index (κ1) is 21.3. The number of aliphatic hydroxyl groups is 1. The third kappa shape index (κ3) is 6.54. The highest BCUT2D eigenvalue weighted by molar-refractivity contribution is 5.94. The lowest BCUT2D eigenvalue weighted by molar-refractivity contribution is 0.0567. The maximum absolute atomic E-state index is 13.0. The van der Waals surface area contributed by atoms with E-state index >= 15 is 0 Å². The van der Waals surface area contributed by atoms with E-state index in [1.165, 1.54) is 24.3 Å². The van der Waals surface area contributed by atoms with Gasteiger partial charge in [0.1, 0.15) is 24.3 Å². The molecule has 0 unspecified atom stereocenters. The maximum Gasteiger partial charge on any atom is 0.251 e. The fourth-order valence-corrected chi connectivity index (χ4v) is 3.69. The van der Waals surface area contributed by atoms with E-state index < -0.39 is 6.10 Å². The van der Waals surface area contributed by atoms with Crippen LogP contribution in [0, 0.1) is 19.7 Å². The second kappa shape index (κ2) is 9.85. The van der Waals surface area contributed by atoms with Gasteiger partial charge in [-0.05, 0) is 74.2 Å². The van der Waals surface area contributed by atoms with E-state index in [0.29, 0.717) is 12.1 Å². The second-order valence-electron chi connectivity index (χ2n) is 7.84. The van der Waals surface area contributed by atoms with Gasteiger partial charge in [0.25, 0.3) is 5.91 Å². The molecule has 0 saturated carbocycles. The molecular weight excluding hydrogens is 371 g/mol. The standard InChI is InChI=1S/C23H29FN2O3/c1-16-11-17(2)13-22(12-16)29-15-21(27)14-26-9-7-20(8-10-26)25-23(28)18-3-5-19(24)6-4-18/h3-6,11-13,20-21,27H,7-10,14-15H2,1-2H3,(H,25,28)/t21-/m1/s1. The van der Waals surface area contributed by atoms with Gasteiger partial charge in [0.05, 0.1) is 0 Å². The number of hydrogen-bond donors (Lipinski definition) is 2. The van der Waals surface area contributed by atoms with Gasteiger partial charge in [0, 0.05) is 31.2 Å². The number of halogens is 1. The molecule has 6 heteroatoms. The first-order chi connectivity index (χ1) is 13.9. The van der Waals surface area contributed by atoms with E-state index in [0.717, 1.165) is 42.8 Å². The van der Waals surface area contributed by atoms with Crippen molar-refractivity contribution in [2.24, 2.45) is 0 Å². The van der Waals surface area contributed by atoms with Gasteiger partial charge in [-0.15, -0.1) is 0 Å². The van der Waals surface area contributed by atoms with E-state index in [9.17, 15) is 14.3 Å². The predicted molar refractivity (Wildman–Crippen MR) is 111 cm³/mol. The van der Waals surface area contributed by atoms with Crippen LogP contribution in [0.5, 0.6) is 5.75 Å². The van der Waals surface area contributed by atoms with Crippen LogP contribution in [0.4, 0.5) is 4.39 Å². The Balaban J connectivity index is 1.38. The molecule has 2 aromatic carbocycles. The van der Waals surface area contributed by atoms with Crippen molar-refractivity contribution in [3.8, 4) is 5.75 Å². The van der Waals surface area contributed by atoms with E-state index in [1.807, 2.05) is 26.0 Å². The number of amides is 1.